The summed E-state index contributed by atoms with van der Waals surface area (Å²) in [5.74, 6) is 0.971. The zero-order valence-corrected chi connectivity index (χ0v) is 17.2. The predicted molar refractivity (Wildman–Crippen MR) is 122 cm³/mol. The fraction of sp³-hybridized carbons (Fsp3) is 0.292. The molecule has 0 spiro atoms. The summed E-state index contributed by atoms with van der Waals surface area (Å²) in [6.45, 7) is 4.04. The molecule has 3 aromatic heterocycles. The maximum atomic E-state index is 5.58. The molecule has 7 nitrogen and oxygen atoms in total. The molecule has 2 aliphatic rings. The predicted octanol–water partition coefficient (Wildman–Crippen LogP) is 3.22. The minimum absolute atomic E-state index is 0.148. The maximum absolute atomic E-state index is 5.58. The molecule has 2 saturated heterocycles. The van der Waals surface area contributed by atoms with Crippen molar-refractivity contribution < 1.29 is 4.74 Å². The second-order valence-corrected chi connectivity index (χ2v) is 8.04. The van der Waals surface area contributed by atoms with Gasteiger partial charge in [0, 0.05) is 54.6 Å². The molecule has 156 valence electrons. The Balaban J connectivity index is 1.63. The van der Waals surface area contributed by atoms with Crippen molar-refractivity contribution >= 4 is 27.5 Å². The molecule has 0 amide bonds. The number of hydrogen-bond donors (Lipinski definition) is 2. The Labute approximate surface area is 180 Å². The van der Waals surface area contributed by atoms with Gasteiger partial charge in [-0.15, -0.1) is 0 Å². The van der Waals surface area contributed by atoms with E-state index in [0.717, 1.165) is 78.2 Å². The van der Waals surface area contributed by atoms with Crippen LogP contribution >= 0.6 is 0 Å². The summed E-state index contributed by atoms with van der Waals surface area (Å²) in [4.78, 5) is 16.7. The van der Waals surface area contributed by atoms with Gasteiger partial charge in [0.2, 0.25) is 0 Å². The van der Waals surface area contributed by atoms with Gasteiger partial charge in [0.05, 0.1) is 30.5 Å². The van der Waals surface area contributed by atoms with Gasteiger partial charge in [-0.2, -0.15) is 0 Å². The normalized spacial score (nSPS) is 19.4. The van der Waals surface area contributed by atoms with Crippen molar-refractivity contribution in [2.75, 3.05) is 37.7 Å². The number of aromatic nitrogens is 3. The standard InChI is InChI=1S/C24H24N6O/c1-2-4-17-16(3-1)14-25-15-20(17)19-13-22(30-9-11-31-12-10-30)28-23-18(19)5-7-26-24(23)21-6-8-27-29-21/h1-5,7,13-15,21,27,29H,6,8-12H2. The highest BCUT2D eigenvalue weighted by atomic mass is 16.5. The van der Waals surface area contributed by atoms with Crippen molar-refractivity contribution in [3.05, 3.63) is 60.7 Å². The van der Waals surface area contributed by atoms with Crippen molar-refractivity contribution in [1.82, 2.24) is 25.8 Å². The summed E-state index contributed by atoms with van der Waals surface area (Å²) in [6.07, 6.45) is 6.78. The SMILES string of the molecule is c1ccc2c(-c3cc(N4CCOCC4)nc4c(C5CCNN5)nccc34)cncc2c1. The van der Waals surface area contributed by atoms with Gasteiger partial charge >= 0.3 is 0 Å². The molecule has 2 N–H and O–H groups in total. The van der Waals surface area contributed by atoms with Gasteiger partial charge in [-0.05, 0) is 29.5 Å². The number of hydrogen-bond acceptors (Lipinski definition) is 7. The number of hydrazine groups is 1. The second kappa shape index (κ2) is 7.85. The van der Waals surface area contributed by atoms with Crippen molar-refractivity contribution in [3.8, 4) is 11.1 Å². The fourth-order valence-corrected chi connectivity index (χ4v) is 4.61. The van der Waals surface area contributed by atoms with Crippen LogP contribution < -0.4 is 15.8 Å². The molecule has 5 heterocycles. The van der Waals surface area contributed by atoms with Gasteiger partial charge in [-0.25, -0.2) is 10.4 Å². The molecule has 4 aromatic rings. The zero-order chi connectivity index (χ0) is 20.6. The molecule has 2 aliphatic heterocycles. The molecule has 1 unspecified atom stereocenters. The van der Waals surface area contributed by atoms with E-state index in [4.69, 9.17) is 14.7 Å². The third-order valence-corrected chi connectivity index (χ3v) is 6.20. The van der Waals surface area contributed by atoms with Gasteiger partial charge in [-0.1, -0.05) is 24.3 Å². The third kappa shape index (κ3) is 3.31. The topological polar surface area (TPSA) is 75.2 Å². The van der Waals surface area contributed by atoms with E-state index in [2.05, 4.69) is 57.1 Å². The molecular weight excluding hydrogens is 388 g/mol. The molecule has 7 heteroatoms. The van der Waals surface area contributed by atoms with E-state index in [1.54, 1.807) is 0 Å². The van der Waals surface area contributed by atoms with E-state index in [0.29, 0.717) is 0 Å². The number of pyridine rings is 3. The molecule has 6 rings (SSSR count). The minimum Gasteiger partial charge on any atom is -0.378 e. The lowest BCUT2D eigenvalue weighted by molar-refractivity contribution is 0.122. The summed E-state index contributed by atoms with van der Waals surface area (Å²) in [5, 5.41) is 3.43. The maximum Gasteiger partial charge on any atom is 0.130 e. The third-order valence-electron chi connectivity index (χ3n) is 6.20. The van der Waals surface area contributed by atoms with Gasteiger partial charge < -0.3 is 9.64 Å². The summed E-state index contributed by atoms with van der Waals surface area (Å²) < 4.78 is 5.58. The van der Waals surface area contributed by atoms with Crippen molar-refractivity contribution in [1.29, 1.82) is 0 Å². The first-order valence-corrected chi connectivity index (χ1v) is 10.8. The highest BCUT2D eigenvalue weighted by molar-refractivity contribution is 6.05. The summed E-state index contributed by atoms with van der Waals surface area (Å²) >= 11 is 0. The highest BCUT2D eigenvalue weighted by Gasteiger charge is 2.24. The van der Waals surface area contributed by atoms with Gasteiger partial charge in [0.15, 0.2) is 0 Å². The van der Waals surface area contributed by atoms with Gasteiger partial charge in [-0.3, -0.25) is 15.4 Å². The average molecular weight is 412 g/mol. The smallest absolute Gasteiger partial charge is 0.130 e. The van der Waals surface area contributed by atoms with Crippen LogP contribution in [-0.4, -0.2) is 47.8 Å². The lowest BCUT2D eigenvalue weighted by Crippen LogP contribution is -2.36. The second-order valence-electron chi connectivity index (χ2n) is 8.04. The van der Waals surface area contributed by atoms with Crippen LogP contribution in [0.3, 0.4) is 0 Å². The number of nitrogens with one attached hydrogen (secondary N) is 2. The van der Waals surface area contributed by atoms with Crippen molar-refractivity contribution in [3.63, 3.8) is 0 Å². The first kappa shape index (κ1) is 18.6. The molecule has 0 bridgehead atoms. The van der Waals surface area contributed by atoms with E-state index in [9.17, 15) is 0 Å². The number of benzene rings is 1. The van der Waals surface area contributed by atoms with Crippen LogP contribution in [0.25, 0.3) is 32.8 Å². The Morgan fingerprint density at radius 3 is 2.77 bits per heavy atom. The lowest BCUT2D eigenvalue weighted by Gasteiger charge is -2.29. The summed E-state index contributed by atoms with van der Waals surface area (Å²) in [5.41, 5.74) is 10.8. The Morgan fingerprint density at radius 2 is 1.90 bits per heavy atom. The number of ether oxygens (including phenoxy) is 1. The van der Waals surface area contributed by atoms with Crippen LogP contribution in [0.4, 0.5) is 5.82 Å². The van der Waals surface area contributed by atoms with Gasteiger partial charge in [0.1, 0.15) is 5.82 Å². The highest BCUT2D eigenvalue weighted by Crippen LogP contribution is 2.37. The largest absolute Gasteiger partial charge is 0.378 e. The Hall–Kier alpha value is -3.13. The Kier molecular flexibility index (Phi) is 4.71. The molecule has 1 atom stereocenters. The van der Waals surface area contributed by atoms with E-state index in [1.807, 2.05) is 18.6 Å². The van der Waals surface area contributed by atoms with E-state index >= 15 is 0 Å². The van der Waals surface area contributed by atoms with E-state index in [1.165, 1.54) is 5.39 Å². The molecule has 0 saturated carbocycles. The molecule has 1 aromatic carbocycles. The van der Waals surface area contributed by atoms with E-state index < -0.39 is 0 Å². The first-order valence-electron chi connectivity index (χ1n) is 10.8. The van der Waals surface area contributed by atoms with Crippen LogP contribution in [0.15, 0.2) is 55.0 Å². The number of nitrogens with zero attached hydrogens (tertiary/aromatic N) is 4. The monoisotopic (exact) mass is 412 g/mol. The van der Waals surface area contributed by atoms with Crippen LogP contribution in [0.2, 0.25) is 0 Å². The first-order chi connectivity index (χ1) is 15.4. The van der Waals surface area contributed by atoms with Crippen LogP contribution in [-0.2, 0) is 4.74 Å². The number of rotatable bonds is 3. The Bertz CT molecular complexity index is 1240. The lowest BCUT2D eigenvalue weighted by atomic mass is 9.96. The summed E-state index contributed by atoms with van der Waals surface area (Å²) in [6, 6.07) is 12.8. The average Bonchev–Trinajstić information content (AvgIpc) is 3.38. The minimum atomic E-state index is 0.148. The molecule has 2 fully saturated rings. The van der Waals surface area contributed by atoms with E-state index in [-0.39, 0.29) is 6.04 Å². The number of anilines is 1. The summed E-state index contributed by atoms with van der Waals surface area (Å²) in [7, 11) is 0. The van der Waals surface area contributed by atoms with Crippen LogP contribution in [0, 0.1) is 0 Å². The van der Waals surface area contributed by atoms with Crippen LogP contribution in [0.1, 0.15) is 18.2 Å². The molecule has 31 heavy (non-hydrogen) atoms. The number of fused-ring (bicyclic) bond motifs is 2. The fourth-order valence-electron chi connectivity index (χ4n) is 4.61. The molecular formula is C24H24N6O. The number of morpholine rings is 1. The Morgan fingerprint density at radius 1 is 1.00 bits per heavy atom. The molecule has 0 aliphatic carbocycles. The van der Waals surface area contributed by atoms with Crippen molar-refractivity contribution in [2.45, 2.75) is 12.5 Å². The molecule has 0 radical (unpaired) electrons. The van der Waals surface area contributed by atoms with Crippen molar-refractivity contribution in [2.24, 2.45) is 0 Å². The zero-order valence-electron chi connectivity index (χ0n) is 17.2. The van der Waals surface area contributed by atoms with Gasteiger partial charge in [0.25, 0.3) is 0 Å². The quantitative estimate of drug-likeness (QED) is 0.535. The van der Waals surface area contributed by atoms with Crippen LogP contribution in [0.5, 0.6) is 0 Å².